The highest BCUT2D eigenvalue weighted by Gasteiger charge is 2.33. The minimum absolute atomic E-state index is 0.0139. The molecule has 3 aromatic rings. The first-order chi connectivity index (χ1) is 15.9. The van der Waals surface area contributed by atoms with E-state index < -0.39 is 4.92 Å². The van der Waals surface area contributed by atoms with Crippen LogP contribution in [0.3, 0.4) is 0 Å². The maximum atomic E-state index is 13.0. The van der Waals surface area contributed by atoms with Crippen molar-refractivity contribution in [3.05, 3.63) is 92.9 Å². The Morgan fingerprint density at radius 1 is 1.09 bits per heavy atom. The fourth-order valence-electron chi connectivity index (χ4n) is 3.16. The zero-order valence-electron chi connectivity index (χ0n) is 17.7. The van der Waals surface area contributed by atoms with Crippen LogP contribution in [-0.4, -0.2) is 22.3 Å². The standard InChI is InChI=1S/C24H18N2O4S3/c1-15-3-10-19(11-4-15)32-21-12-5-16(13-20(21)26(28)29)14-22-23(27)25(24(31)33-22)17-6-8-18(30-2)9-7-17/h3-14H,1-2H3/b22-14+. The van der Waals surface area contributed by atoms with E-state index in [1.165, 1.54) is 34.5 Å². The molecule has 166 valence electrons. The largest absolute Gasteiger partial charge is 0.497 e. The van der Waals surface area contributed by atoms with E-state index in [4.69, 9.17) is 17.0 Å². The van der Waals surface area contributed by atoms with E-state index in [1.807, 2.05) is 31.2 Å². The average Bonchev–Trinajstić information content (AvgIpc) is 3.08. The van der Waals surface area contributed by atoms with Crippen molar-refractivity contribution in [1.29, 1.82) is 0 Å². The van der Waals surface area contributed by atoms with Gasteiger partial charge in [0.2, 0.25) is 0 Å². The lowest BCUT2D eigenvalue weighted by atomic mass is 10.2. The highest BCUT2D eigenvalue weighted by atomic mass is 32.2. The van der Waals surface area contributed by atoms with Gasteiger partial charge in [0, 0.05) is 11.0 Å². The van der Waals surface area contributed by atoms with Gasteiger partial charge in [-0.2, -0.15) is 0 Å². The van der Waals surface area contributed by atoms with Gasteiger partial charge in [0.15, 0.2) is 4.32 Å². The molecule has 0 saturated carbocycles. The van der Waals surface area contributed by atoms with Gasteiger partial charge in [-0.3, -0.25) is 19.8 Å². The summed E-state index contributed by atoms with van der Waals surface area (Å²) < 4.78 is 5.56. The molecule has 1 amide bonds. The van der Waals surface area contributed by atoms with E-state index in [0.717, 1.165) is 10.5 Å². The Kier molecular flexibility index (Phi) is 6.83. The number of anilines is 1. The molecule has 33 heavy (non-hydrogen) atoms. The van der Waals surface area contributed by atoms with Crippen LogP contribution in [-0.2, 0) is 4.79 Å². The van der Waals surface area contributed by atoms with Gasteiger partial charge in [-0.1, -0.05) is 59.5 Å². The van der Waals surface area contributed by atoms with Gasteiger partial charge >= 0.3 is 0 Å². The minimum Gasteiger partial charge on any atom is -0.497 e. The third kappa shape index (κ3) is 5.11. The first-order valence-corrected chi connectivity index (χ1v) is 11.8. The summed E-state index contributed by atoms with van der Waals surface area (Å²) >= 11 is 7.91. The summed E-state index contributed by atoms with van der Waals surface area (Å²) in [6, 6.07) is 19.8. The van der Waals surface area contributed by atoms with Crippen LogP contribution >= 0.6 is 35.7 Å². The Morgan fingerprint density at radius 3 is 2.42 bits per heavy atom. The molecule has 1 aliphatic heterocycles. The first-order valence-electron chi connectivity index (χ1n) is 9.80. The smallest absolute Gasteiger partial charge is 0.283 e. The number of benzene rings is 3. The van der Waals surface area contributed by atoms with Gasteiger partial charge in [0.25, 0.3) is 11.6 Å². The van der Waals surface area contributed by atoms with Gasteiger partial charge in [-0.25, -0.2) is 0 Å². The van der Waals surface area contributed by atoms with Crippen molar-refractivity contribution in [3.63, 3.8) is 0 Å². The molecule has 1 fully saturated rings. The van der Waals surface area contributed by atoms with Crippen LogP contribution in [0.15, 0.2) is 81.4 Å². The topological polar surface area (TPSA) is 72.7 Å². The molecule has 4 rings (SSSR count). The number of nitro benzene ring substituents is 1. The Labute approximate surface area is 204 Å². The summed E-state index contributed by atoms with van der Waals surface area (Å²) in [5, 5.41) is 11.7. The number of rotatable bonds is 6. The van der Waals surface area contributed by atoms with E-state index in [9.17, 15) is 14.9 Å². The normalized spacial score (nSPS) is 14.7. The van der Waals surface area contributed by atoms with Gasteiger partial charge in [-0.15, -0.1) is 0 Å². The van der Waals surface area contributed by atoms with Crippen LogP contribution in [0.5, 0.6) is 5.75 Å². The molecule has 0 bridgehead atoms. The molecule has 0 atom stereocenters. The van der Waals surface area contributed by atoms with Crippen molar-refractivity contribution in [3.8, 4) is 5.75 Å². The molecular formula is C24H18N2O4S3. The van der Waals surface area contributed by atoms with Gasteiger partial charge in [0.05, 0.1) is 27.5 Å². The van der Waals surface area contributed by atoms with Crippen LogP contribution in [0, 0.1) is 17.0 Å². The lowest BCUT2D eigenvalue weighted by Crippen LogP contribution is -2.27. The highest BCUT2D eigenvalue weighted by Crippen LogP contribution is 2.39. The highest BCUT2D eigenvalue weighted by molar-refractivity contribution is 8.27. The quantitative estimate of drug-likeness (QED) is 0.168. The van der Waals surface area contributed by atoms with Crippen molar-refractivity contribution in [2.24, 2.45) is 0 Å². The molecule has 9 heteroatoms. The molecule has 1 aliphatic rings. The van der Waals surface area contributed by atoms with Crippen molar-refractivity contribution in [1.82, 2.24) is 0 Å². The molecule has 0 aromatic heterocycles. The van der Waals surface area contributed by atoms with Crippen LogP contribution in [0.1, 0.15) is 11.1 Å². The minimum atomic E-state index is -0.406. The molecule has 0 unspecified atom stereocenters. The van der Waals surface area contributed by atoms with E-state index in [1.54, 1.807) is 49.6 Å². The number of aryl methyl sites for hydroxylation is 1. The number of thioether (sulfide) groups is 1. The number of hydrogen-bond acceptors (Lipinski definition) is 7. The van der Waals surface area contributed by atoms with Gasteiger partial charge in [0.1, 0.15) is 5.75 Å². The maximum absolute atomic E-state index is 13.0. The summed E-state index contributed by atoms with van der Waals surface area (Å²) in [7, 11) is 1.57. The number of nitro groups is 1. The Balaban J connectivity index is 1.60. The fourth-order valence-corrected chi connectivity index (χ4v) is 5.36. The summed E-state index contributed by atoms with van der Waals surface area (Å²) in [6.07, 6.45) is 1.64. The zero-order chi connectivity index (χ0) is 23.5. The maximum Gasteiger partial charge on any atom is 0.283 e. The predicted molar refractivity (Wildman–Crippen MR) is 137 cm³/mol. The molecule has 1 saturated heterocycles. The molecule has 0 N–H and O–H groups in total. The number of carbonyl (C=O) groups excluding carboxylic acids is 1. The molecular weight excluding hydrogens is 476 g/mol. The molecule has 0 aliphatic carbocycles. The summed E-state index contributed by atoms with van der Waals surface area (Å²) in [6.45, 7) is 1.99. The van der Waals surface area contributed by atoms with Crippen molar-refractivity contribution in [2.75, 3.05) is 12.0 Å². The average molecular weight is 495 g/mol. The molecule has 0 spiro atoms. The number of nitrogens with zero attached hydrogens (tertiary/aromatic N) is 2. The van der Waals surface area contributed by atoms with Crippen molar-refractivity contribution >= 4 is 63.4 Å². The van der Waals surface area contributed by atoms with E-state index in [0.29, 0.717) is 31.1 Å². The lowest BCUT2D eigenvalue weighted by Gasteiger charge is -2.14. The lowest BCUT2D eigenvalue weighted by molar-refractivity contribution is -0.387. The van der Waals surface area contributed by atoms with Crippen molar-refractivity contribution < 1.29 is 14.5 Å². The van der Waals surface area contributed by atoms with Crippen LogP contribution in [0.2, 0.25) is 0 Å². The van der Waals surface area contributed by atoms with Crippen LogP contribution in [0.25, 0.3) is 6.08 Å². The summed E-state index contributed by atoms with van der Waals surface area (Å²) in [5.74, 6) is 0.409. The number of carbonyl (C=O) groups is 1. The number of thiocarbonyl (C=S) groups is 1. The Hall–Kier alpha value is -3.14. The second-order valence-corrected chi connectivity index (χ2v) is 9.91. The predicted octanol–water partition coefficient (Wildman–Crippen LogP) is 6.47. The number of amides is 1. The van der Waals surface area contributed by atoms with E-state index >= 15 is 0 Å². The van der Waals surface area contributed by atoms with Crippen LogP contribution in [0.4, 0.5) is 11.4 Å². The van der Waals surface area contributed by atoms with E-state index in [-0.39, 0.29) is 11.6 Å². The van der Waals surface area contributed by atoms with E-state index in [2.05, 4.69) is 0 Å². The Bertz CT molecular complexity index is 1270. The second-order valence-electron chi connectivity index (χ2n) is 7.11. The number of hydrogen-bond donors (Lipinski definition) is 0. The van der Waals surface area contributed by atoms with Gasteiger partial charge in [-0.05, 0) is 61.0 Å². The Morgan fingerprint density at radius 2 is 1.79 bits per heavy atom. The molecule has 6 nitrogen and oxygen atoms in total. The number of methoxy groups -OCH3 is 1. The van der Waals surface area contributed by atoms with Gasteiger partial charge < -0.3 is 4.74 Å². The van der Waals surface area contributed by atoms with Crippen LogP contribution < -0.4 is 9.64 Å². The fraction of sp³-hybridized carbons (Fsp3) is 0.0833. The molecule has 1 heterocycles. The SMILES string of the molecule is COc1ccc(N2C(=O)/C(=C\c3ccc(Sc4ccc(C)cc4)c([N+](=O)[O-])c3)SC2=S)cc1. The summed E-state index contributed by atoms with van der Waals surface area (Å²) in [5.41, 5.74) is 2.30. The van der Waals surface area contributed by atoms with Crippen molar-refractivity contribution in [2.45, 2.75) is 16.7 Å². The third-order valence-electron chi connectivity index (χ3n) is 4.85. The monoisotopic (exact) mass is 494 g/mol. The third-order valence-corrected chi connectivity index (χ3v) is 7.23. The molecule has 3 aromatic carbocycles. The molecule has 0 radical (unpaired) electrons. The summed E-state index contributed by atoms with van der Waals surface area (Å²) in [4.78, 5) is 27.6. The second kappa shape index (κ2) is 9.78. The first kappa shape index (κ1) is 23.0. The zero-order valence-corrected chi connectivity index (χ0v) is 20.1. The number of ether oxygens (including phenoxy) is 1.